The molecule has 0 aromatic heterocycles. The minimum Gasteiger partial charge on any atom is -0.481 e. The van der Waals surface area contributed by atoms with Crippen LogP contribution in [0.25, 0.3) is 0 Å². The number of likely N-dealkylation sites (tertiary alicyclic amines) is 1. The lowest BCUT2D eigenvalue weighted by atomic mass is 9.84. The van der Waals surface area contributed by atoms with Gasteiger partial charge in [-0.15, -0.1) is 0 Å². The molecule has 3 atom stereocenters. The second-order valence-corrected chi connectivity index (χ2v) is 5.80. The minimum absolute atomic E-state index is 0.00773. The molecule has 0 aromatic rings. The van der Waals surface area contributed by atoms with Crippen molar-refractivity contribution in [3.8, 4) is 0 Å². The molecule has 120 valence electrons. The quantitative estimate of drug-likeness (QED) is 0.630. The van der Waals surface area contributed by atoms with Crippen LogP contribution in [0.1, 0.15) is 39.0 Å². The van der Waals surface area contributed by atoms with E-state index in [9.17, 15) is 14.4 Å². The molecule has 1 amide bonds. The lowest BCUT2D eigenvalue weighted by Gasteiger charge is -2.36. The molecule has 1 fully saturated rings. The van der Waals surface area contributed by atoms with Crippen molar-refractivity contribution < 1.29 is 24.6 Å². The van der Waals surface area contributed by atoms with Crippen molar-refractivity contribution in [3.63, 3.8) is 0 Å². The van der Waals surface area contributed by atoms with Gasteiger partial charge in [-0.05, 0) is 31.1 Å². The average Bonchev–Trinajstić information content (AvgIpc) is 2.43. The van der Waals surface area contributed by atoms with Crippen molar-refractivity contribution in [1.29, 1.82) is 0 Å². The number of carboxylic acid groups (broad SMARTS) is 2. The molecular formula is C14H24N2O5. The lowest BCUT2D eigenvalue weighted by Crippen LogP contribution is -2.49. The zero-order valence-corrected chi connectivity index (χ0v) is 12.3. The van der Waals surface area contributed by atoms with Crippen LogP contribution < -0.4 is 5.73 Å². The molecule has 1 heterocycles. The van der Waals surface area contributed by atoms with Crippen LogP contribution in [-0.4, -0.2) is 52.1 Å². The fourth-order valence-electron chi connectivity index (χ4n) is 2.75. The number of carboxylic acids is 2. The largest absolute Gasteiger partial charge is 0.481 e. The summed E-state index contributed by atoms with van der Waals surface area (Å²) in [4.78, 5) is 35.1. The summed E-state index contributed by atoms with van der Waals surface area (Å²) in [5.41, 5.74) is 5.75. The van der Waals surface area contributed by atoms with Gasteiger partial charge in [0.25, 0.3) is 0 Å². The van der Waals surface area contributed by atoms with Gasteiger partial charge in [-0.2, -0.15) is 0 Å². The molecule has 21 heavy (non-hydrogen) atoms. The van der Waals surface area contributed by atoms with E-state index >= 15 is 0 Å². The summed E-state index contributed by atoms with van der Waals surface area (Å²) in [6.45, 7) is 3.00. The molecule has 7 nitrogen and oxygen atoms in total. The van der Waals surface area contributed by atoms with Gasteiger partial charge in [0.05, 0.1) is 6.04 Å². The number of carbonyl (C=O) groups is 3. The monoisotopic (exact) mass is 300 g/mol. The van der Waals surface area contributed by atoms with Crippen LogP contribution in [0.5, 0.6) is 0 Å². The van der Waals surface area contributed by atoms with Crippen molar-refractivity contribution in [2.45, 2.75) is 45.1 Å². The van der Waals surface area contributed by atoms with E-state index in [0.717, 1.165) is 12.8 Å². The maximum absolute atomic E-state index is 12.2. The Labute approximate surface area is 124 Å². The van der Waals surface area contributed by atoms with Crippen LogP contribution in [0, 0.1) is 11.8 Å². The third-order valence-electron chi connectivity index (χ3n) is 4.06. The number of amides is 1. The highest BCUT2D eigenvalue weighted by Crippen LogP contribution is 2.26. The van der Waals surface area contributed by atoms with Gasteiger partial charge < -0.3 is 20.8 Å². The Bertz CT molecular complexity index is 399. The van der Waals surface area contributed by atoms with Crippen LogP contribution in [0.3, 0.4) is 0 Å². The summed E-state index contributed by atoms with van der Waals surface area (Å²) in [7, 11) is 0. The van der Waals surface area contributed by atoms with Gasteiger partial charge in [0.1, 0.15) is 0 Å². The molecule has 1 saturated heterocycles. The number of piperidine rings is 1. The Balaban J connectivity index is 2.52. The van der Waals surface area contributed by atoms with Crippen LogP contribution >= 0.6 is 0 Å². The summed E-state index contributed by atoms with van der Waals surface area (Å²) >= 11 is 0. The molecule has 0 saturated carbocycles. The van der Waals surface area contributed by atoms with Crippen molar-refractivity contribution >= 4 is 17.8 Å². The van der Waals surface area contributed by atoms with E-state index in [0.29, 0.717) is 13.1 Å². The summed E-state index contributed by atoms with van der Waals surface area (Å²) < 4.78 is 0. The fourth-order valence-corrected chi connectivity index (χ4v) is 2.75. The van der Waals surface area contributed by atoms with Gasteiger partial charge in [-0.25, -0.2) is 0 Å². The highest BCUT2D eigenvalue weighted by molar-refractivity contribution is 5.82. The number of hydrogen-bond donors (Lipinski definition) is 3. The van der Waals surface area contributed by atoms with Crippen molar-refractivity contribution in [2.24, 2.45) is 17.6 Å². The fraction of sp³-hybridized carbons (Fsp3) is 0.786. The lowest BCUT2D eigenvalue weighted by molar-refractivity contribution is -0.139. The third kappa shape index (κ3) is 5.71. The summed E-state index contributed by atoms with van der Waals surface area (Å²) in [6, 6.07) is -0.797. The van der Waals surface area contributed by atoms with Gasteiger partial charge in [0, 0.05) is 25.9 Å². The molecule has 1 aliphatic rings. The predicted octanol–water partition coefficient (Wildman–Crippen LogP) is 0.528. The van der Waals surface area contributed by atoms with E-state index in [4.69, 9.17) is 15.9 Å². The topological polar surface area (TPSA) is 121 Å². The van der Waals surface area contributed by atoms with E-state index in [1.54, 1.807) is 4.90 Å². The van der Waals surface area contributed by atoms with Crippen LogP contribution in [0.15, 0.2) is 0 Å². The van der Waals surface area contributed by atoms with Gasteiger partial charge in [0.2, 0.25) is 5.91 Å². The van der Waals surface area contributed by atoms with E-state index < -0.39 is 18.0 Å². The smallest absolute Gasteiger partial charge is 0.303 e. The van der Waals surface area contributed by atoms with E-state index in [1.165, 1.54) is 0 Å². The first kappa shape index (κ1) is 17.4. The SMILES string of the molecule is CC(CC(=O)O)C1CCCN(C(=O)C(N)CCC(=O)O)C1. The van der Waals surface area contributed by atoms with Crippen LogP contribution in [-0.2, 0) is 14.4 Å². The number of nitrogens with two attached hydrogens (primary N) is 1. The number of rotatable bonds is 7. The van der Waals surface area contributed by atoms with Crippen LogP contribution in [0.4, 0.5) is 0 Å². The van der Waals surface area contributed by atoms with Gasteiger partial charge >= 0.3 is 11.9 Å². The molecule has 0 aliphatic carbocycles. The first-order valence-corrected chi connectivity index (χ1v) is 7.29. The molecule has 0 radical (unpaired) electrons. The Morgan fingerprint density at radius 1 is 1.29 bits per heavy atom. The highest BCUT2D eigenvalue weighted by Gasteiger charge is 2.30. The molecule has 4 N–H and O–H groups in total. The predicted molar refractivity (Wildman–Crippen MR) is 75.6 cm³/mol. The Morgan fingerprint density at radius 2 is 1.95 bits per heavy atom. The maximum Gasteiger partial charge on any atom is 0.303 e. The first-order chi connectivity index (χ1) is 9.81. The molecule has 1 aliphatic heterocycles. The van der Waals surface area contributed by atoms with Gasteiger partial charge in [-0.3, -0.25) is 14.4 Å². The minimum atomic E-state index is -0.968. The summed E-state index contributed by atoms with van der Waals surface area (Å²) in [6.07, 6.45) is 1.83. The van der Waals surface area contributed by atoms with Crippen molar-refractivity contribution in [3.05, 3.63) is 0 Å². The number of carbonyl (C=O) groups excluding carboxylic acids is 1. The zero-order chi connectivity index (χ0) is 16.0. The highest BCUT2D eigenvalue weighted by atomic mass is 16.4. The molecule has 1 rings (SSSR count). The zero-order valence-electron chi connectivity index (χ0n) is 12.3. The van der Waals surface area contributed by atoms with Gasteiger partial charge in [-0.1, -0.05) is 6.92 Å². The van der Waals surface area contributed by atoms with Crippen LogP contribution in [0.2, 0.25) is 0 Å². The Hall–Kier alpha value is -1.63. The molecular weight excluding hydrogens is 276 g/mol. The average molecular weight is 300 g/mol. The summed E-state index contributed by atoms with van der Waals surface area (Å²) in [5.74, 6) is -1.86. The molecule has 0 bridgehead atoms. The second-order valence-electron chi connectivity index (χ2n) is 5.80. The molecule has 0 aromatic carbocycles. The molecule has 3 unspecified atom stereocenters. The van der Waals surface area contributed by atoms with Gasteiger partial charge in [0.15, 0.2) is 0 Å². The molecule has 7 heteroatoms. The Kier molecular flexibility index (Phi) is 6.61. The number of hydrogen-bond acceptors (Lipinski definition) is 4. The summed E-state index contributed by atoms with van der Waals surface area (Å²) in [5, 5.41) is 17.5. The number of aliphatic carboxylic acids is 2. The number of nitrogens with zero attached hydrogens (tertiary/aromatic N) is 1. The van der Waals surface area contributed by atoms with Crippen molar-refractivity contribution in [2.75, 3.05) is 13.1 Å². The van der Waals surface area contributed by atoms with E-state index in [1.807, 2.05) is 6.92 Å². The second kappa shape index (κ2) is 7.97. The van der Waals surface area contributed by atoms with E-state index in [2.05, 4.69) is 0 Å². The normalized spacial score (nSPS) is 21.6. The molecule has 0 spiro atoms. The third-order valence-corrected chi connectivity index (χ3v) is 4.06. The maximum atomic E-state index is 12.2. The standard InChI is InChI=1S/C14H24N2O5/c1-9(7-13(19)20)10-3-2-6-16(8-10)14(21)11(15)4-5-12(17)18/h9-11H,2-8,15H2,1H3,(H,17,18)(H,19,20). The van der Waals surface area contributed by atoms with Crippen molar-refractivity contribution in [1.82, 2.24) is 4.90 Å². The first-order valence-electron chi connectivity index (χ1n) is 7.29. The van der Waals surface area contributed by atoms with E-state index in [-0.39, 0.29) is 37.0 Å². The Morgan fingerprint density at radius 3 is 2.52 bits per heavy atom.